The van der Waals surface area contributed by atoms with Crippen LogP contribution in [0, 0.1) is 0 Å². The maximum Gasteiger partial charge on any atom is 0.125 e. The molecule has 1 aromatic carbocycles. The fourth-order valence-corrected chi connectivity index (χ4v) is 3.00. The second kappa shape index (κ2) is 5.37. The topological polar surface area (TPSA) is 58.9 Å². The number of aromatic nitrogens is 1. The van der Waals surface area contributed by atoms with Gasteiger partial charge < -0.3 is 16.0 Å². The van der Waals surface area contributed by atoms with E-state index in [4.69, 9.17) is 0 Å². The summed E-state index contributed by atoms with van der Waals surface area (Å²) in [4.78, 5) is 4.17. The van der Waals surface area contributed by atoms with E-state index in [1.807, 2.05) is 18.3 Å². The van der Waals surface area contributed by atoms with E-state index in [0.29, 0.717) is 0 Å². The molecule has 4 nitrogen and oxygen atoms in total. The second-order valence-electron chi connectivity index (χ2n) is 6.00. The molecule has 0 amide bonds. The largest absolute Gasteiger partial charge is 0.378 e. The molecule has 0 radical (unpaired) electrons. The zero-order chi connectivity index (χ0) is 14.8. The van der Waals surface area contributed by atoms with Gasteiger partial charge in [-0.25, -0.2) is 0 Å². The molecule has 112 valence electrons. The highest BCUT2D eigenvalue weighted by Crippen LogP contribution is 2.42. The molecule has 1 saturated carbocycles. The molecule has 2 heterocycles. The quantitative estimate of drug-likeness (QED) is 0.742. The molecule has 3 N–H and O–H groups in total. The van der Waals surface area contributed by atoms with Gasteiger partial charge in [0.2, 0.25) is 0 Å². The molecular formula is C18H20N4. The Kier molecular flexibility index (Phi) is 3.22. The molecule has 1 aromatic heterocycles. The molecule has 22 heavy (non-hydrogen) atoms. The first-order valence-corrected chi connectivity index (χ1v) is 7.84. The Bertz CT molecular complexity index is 669. The van der Waals surface area contributed by atoms with Crippen LogP contribution in [0.3, 0.4) is 0 Å². The van der Waals surface area contributed by atoms with Crippen molar-refractivity contribution >= 4 is 5.69 Å². The number of anilines is 1. The van der Waals surface area contributed by atoms with Crippen LogP contribution in [-0.4, -0.2) is 11.5 Å². The number of nitrogens with zero attached hydrogens (tertiary/aromatic N) is 1. The summed E-state index contributed by atoms with van der Waals surface area (Å²) >= 11 is 0. The Hall–Kier alpha value is -2.49. The Balaban J connectivity index is 1.59. The van der Waals surface area contributed by atoms with Crippen LogP contribution < -0.4 is 16.0 Å². The van der Waals surface area contributed by atoms with Crippen molar-refractivity contribution in [2.45, 2.75) is 24.8 Å². The SMILES string of the molecule is c1ccc(C2(N/C(Nc3cccnc3)=C3/CN3)CCC2)cc1. The van der Waals surface area contributed by atoms with Gasteiger partial charge in [-0.05, 0) is 37.0 Å². The lowest BCUT2D eigenvalue weighted by Crippen LogP contribution is -2.48. The molecule has 0 spiro atoms. The predicted molar refractivity (Wildman–Crippen MR) is 88.0 cm³/mol. The van der Waals surface area contributed by atoms with Gasteiger partial charge in [-0.15, -0.1) is 0 Å². The minimum atomic E-state index is 0.0586. The molecule has 2 fully saturated rings. The Morgan fingerprint density at radius 3 is 2.50 bits per heavy atom. The molecule has 4 heteroatoms. The van der Waals surface area contributed by atoms with Gasteiger partial charge in [0, 0.05) is 6.20 Å². The third kappa shape index (κ3) is 2.52. The molecule has 4 rings (SSSR count). The summed E-state index contributed by atoms with van der Waals surface area (Å²) < 4.78 is 0. The highest BCUT2D eigenvalue weighted by atomic mass is 15.2. The van der Waals surface area contributed by atoms with Crippen molar-refractivity contribution in [3.63, 3.8) is 0 Å². The van der Waals surface area contributed by atoms with Crippen LogP contribution in [0.4, 0.5) is 5.69 Å². The molecular weight excluding hydrogens is 272 g/mol. The first-order valence-electron chi connectivity index (χ1n) is 7.84. The van der Waals surface area contributed by atoms with Crippen LogP contribution in [0.15, 0.2) is 66.4 Å². The van der Waals surface area contributed by atoms with Gasteiger partial charge in [0.15, 0.2) is 0 Å². The van der Waals surface area contributed by atoms with Crippen LogP contribution in [0.25, 0.3) is 0 Å². The van der Waals surface area contributed by atoms with E-state index < -0.39 is 0 Å². The maximum absolute atomic E-state index is 4.17. The minimum Gasteiger partial charge on any atom is -0.378 e. The summed E-state index contributed by atoms with van der Waals surface area (Å²) in [5, 5.41) is 10.6. The summed E-state index contributed by atoms with van der Waals surface area (Å²) in [6, 6.07) is 14.7. The Labute approximate surface area is 130 Å². The normalized spacial score (nSPS) is 20.4. The van der Waals surface area contributed by atoms with Crippen molar-refractivity contribution in [2.24, 2.45) is 0 Å². The van der Waals surface area contributed by atoms with E-state index in [1.54, 1.807) is 6.20 Å². The van der Waals surface area contributed by atoms with Crippen molar-refractivity contribution in [1.29, 1.82) is 0 Å². The average Bonchev–Trinajstić information content (AvgIpc) is 3.36. The van der Waals surface area contributed by atoms with E-state index in [0.717, 1.165) is 18.1 Å². The van der Waals surface area contributed by atoms with Crippen LogP contribution in [0.1, 0.15) is 24.8 Å². The summed E-state index contributed by atoms with van der Waals surface area (Å²) in [5.41, 5.74) is 3.68. The van der Waals surface area contributed by atoms with Gasteiger partial charge in [-0.3, -0.25) is 4.98 Å². The van der Waals surface area contributed by atoms with Crippen molar-refractivity contribution in [3.8, 4) is 0 Å². The van der Waals surface area contributed by atoms with E-state index in [1.165, 1.54) is 30.5 Å². The van der Waals surface area contributed by atoms with Crippen LogP contribution in [0.5, 0.6) is 0 Å². The van der Waals surface area contributed by atoms with Crippen molar-refractivity contribution < 1.29 is 0 Å². The lowest BCUT2D eigenvalue weighted by molar-refractivity contribution is 0.204. The van der Waals surface area contributed by atoms with Crippen molar-refractivity contribution in [2.75, 3.05) is 11.9 Å². The highest BCUT2D eigenvalue weighted by molar-refractivity contribution is 5.49. The van der Waals surface area contributed by atoms with Crippen LogP contribution >= 0.6 is 0 Å². The Morgan fingerprint density at radius 2 is 1.91 bits per heavy atom. The Morgan fingerprint density at radius 1 is 1.09 bits per heavy atom. The van der Waals surface area contributed by atoms with E-state index in [9.17, 15) is 0 Å². The number of rotatable bonds is 5. The van der Waals surface area contributed by atoms with Gasteiger partial charge in [0.05, 0.1) is 29.7 Å². The minimum absolute atomic E-state index is 0.0586. The summed E-state index contributed by atoms with van der Waals surface area (Å²) in [5.74, 6) is 1.08. The van der Waals surface area contributed by atoms with Gasteiger partial charge in [0.25, 0.3) is 0 Å². The standard InChI is InChI=1S/C18H20N4/c1-2-6-14(7-3-1)18(9-5-10-18)22-17(16-13-20-16)21-15-8-4-11-19-12-15/h1-4,6-8,11-12,20-22H,5,9-10,13H2/b17-16-. The zero-order valence-corrected chi connectivity index (χ0v) is 12.5. The third-order valence-electron chi connectivity index (χ3n) is 4.48. The summed E-state index contributed by atoms with van der Waals surface area (Å²) in [7, 11) is 0. The molecule has 0 atom stereocenters. The molecule has 0 bridgehead atoms. The van der Waals surface area contributed by atoms with Crippen molar-refractivity contribution in [3.05, 3.63) is 71.9 Å². The highest BCUT2D eigenvalue weighted by Gasteiger charge is 2.40. The predicted octanol–water partition coefficient (Wildman–Crippen LogP) is 2.93. The molecule has 1 aliphatic carbocycles. The molecule has 2 aromatic rings. The second-order valence-corrected chi connectivity index (χ2v) is 6.00. The van der Waals surface area contributed by atoms with E-state index in [-0.39, 0.29) is 5.54 Å². The average molecular weight is 292 g/mol. The van der Waals surface area contributed by atoms with E-state index >= 15 is 0 Å². The number of hydrogen-bond donors (Lipinski definition) is 3. The van der Waals surface area contributed by atoms with Crippen LogP contribution in [0.2, 0.25) is 0 Å². The molecule has 0 unspecified atom stereocenters. The van der Waals surface area contributed by atoms with E-state index in [2.05, 4.69) is 51.3 Å². The third-order valence-corrected chi connectivity index (χ3v) is 4.48. The van der Waals surface area contributed by atoms with Gasteiger partial charge in [0.1, 0.15) is 5.82 Å². The zero-order valence-electron chi connectivity index (χ0n) is 12.5. The van der Waals surface area contributed by atoms with Gasteiger partial charge >= 0.3 is 0 Å². The summed E-state index contributed by atoms with van der Waals surface area (Å²) in [6.45, 7) is 0.945. The first-order chi connectivity index (χ1) is 10.9. The fraction of sp³-hybridized carbons (Fsp3) is 0.278. The monoisotopic (exact) mass is 292 g/mol. The van der Waals surface area contributed by atoms with Crippen molar-refractivity contribution in [1.82, 2.24) is 15.6 Å². The van der Waals surface area contributed by atoms with Gasteiger partial charge in [-0.1, -0.05) is 30.3 Å². The number of pyridine rings is 1. The molecule has 2 aliphatic rings. The fourth-order valence-electron chi connectivity index (χ4n) is 3.00. The maximum atomic E-state index is 4.17. The molecule has 1 saturated heterocycles. The van der Waals surface area contributed by atoms with Crippen LogP contribution in [-0.2, 0) is 5.54 Å². The lowest BCUT2D eigenvalue weighted by atomic mass is 9.72. The number of nitrogens with one attached hydrogen (secondary N) is 3. The lowest BCUT2D eigenvalue weighted by Gasteiger charge is -2.44. The first kappa shape index (κ1) is 13.2. The summed E-state index contributed by atoms with van der Waals surface area (Å²) in [6.07, 6.45) is 7.24. The smallest absolute Gasteiger partial charge is 0.125 e. The number of benzene rings is 1. The molecule has 1 aliphatic heterocycles. The number of hydrogen-bond acceptors (Lipinski definition) is 4. The van der Waals surface area contributed by atoms with Gasteiger partial charge in [-0.2, -0.15) is 0 Å².